The molecule has 83 valence electrons. The number of carbonyl (C=O) groups is 1. The minimum absolute atomic E-state index is 0. The van der Waals surface area contributed by atoms with Gasteiger partial charge in [0.1, 0.15) is 0 Å². The molecule has 0 saturated carbocycles. The van der Waals surface area contributed by atoms with Gasteiger partial charge in [0.15, 0.2) is 0 Å². The minimum atomic E-state index is -0.0472. The first-order valence-electron chi connectivity index (χ1n) is 4.96. The van der Waals surface area contributed by atoms with E-state index in [9.17, 15) is 4.79 Å². The maximum atomic E-state index is 10.9. The van der Waals surface area contributed by atoms with Crippen molar-refractivity contribution < 1.29 is 31.9 Å². The Labute approximate surface area is 96.9 Å². The normalized spacial score (nSPS) is 9.08. The average molecular weight is 280 g/mol. The van der Waals surface area contributed by atoms with Crippen LogP contribution in [0.4, 0.5) is 0 Å². The fourth-order valence-electron chi connectivity index (χ4n) is 0.991. The summed E-state index contributed by atoms with van der Waals surface area (Å²) >= 11 is 0. The van der Waals surface area contributed by atoms with Crippen molar-refractivity contribution in [1.29, 1.82) is 0 Å². The van der Waals surface area contributed by atoms with E-state index in [0.29, 0.717) is 13.0 Å². The summed E-state index contributed by atoms with van der Waals surface area (Å²) in [5.41, 5.74) is 0. The van der Waals surface area contributed by atoms with Gasteiger partial charge in [-0.15, -0.1) is 0 Å². The fourth-order valence-corrected chi connectivity index (χ4v) is 0.991. The summed E-state index contributed by atoms with van der Waals surface area (Å²) in [5, 5.41) is 0. The van der Waals surface area contributed by atoms with E-state index >= 15 is 0 Å². The Hall–Kier alpha value is 0.210. The molecule has 0 fully saturated rings. The largest absolute Gasteiger partial charge is 0.466 e. The maximum Gasteiger partial charge on any atom is 0.305 e. The predicted molar refractivity (Wildman–Crippen MR) is 50.0 cm³/mol. The Kier molecular flexibility index (Phi) is 14.7. The molecule has 0 saturated heterocycles. The predicted octanol–water partition coefficient (Wildman–Crippen LogP) is 2.91. The summed E-state index contributed by atoms with van der Waals surface area (Å²) in [5.74, 6) is -0.0472. The molecule has 0 aromatic carbocycles. The molecule has 0 aromatic heterocycles. The van der Waals surface area contributed by atoms with Crippen LogP contribution in [0.15, 0.2) is 0 Å². The van der Waals surface area contributed by atoms with Gasteiger partial charge < -0.3 is 4.74 Å². The molecule has 1 radical (unpaired) electrons. The second-order valence-corrected chi connectivity index (χ2v) is 3.03. The molecular formula is C10H20AgO2. The molecule has 0 aromatic rings. The third-order valence-corrected chi connectivity index (χ3v) is 1.72. The van der Waals surface area contributed by atoms with Crippen molar-refractivity contribution >= 4 is 5.97 Å². The third kappa shape index (κ3) is 12.2. The van der Waals surface area contributed by atoms with Crippen LogP contribution in [0.1, 0.15) is 52.4 Å². The molecule has 0 unspecified atom stereocenters. The van der Waals surface area contributed by atoms with Gasteiger partial charge >= 0.3 is 5.97 Å². The molecule has 3 heteroatoms. The van der Waals surface area contributed by atoms with Gasteiger partial charge in [0.05, 0.1) is 6.61 Å². The van der Waals surface area contributed by atoms with Crippen LogP contribution in [0.3, 0.4) is 0 Å². The summed E-state index contributed by atoms with van der Waals surface area (Å²) in [4.78, 5) is 10.9. The van der Waals surface area contributed by atoms with Gasteiger partial charge in [0.25, 0.3) is 0 Å². The van der Waals surface area contributed by atoms with Crippen LogP contribution in [0.5, 0.6) is 0 Å². The molecule has 13 heavy (non-hydrogen) atoms. The van der Waals surface area contributed by atoms with Crippen molar-refractivity contribution in [3.63, 3.8) is 0 Å². The van der Waals surface area contributed by atoms with E-state index in [4.69, 9.17) is 4.74 Å². The zero-order chi connectivity index (χ0) is 9.23. The number of hydrogen-bond donors (Lipinski definition) is 0. The number of unbranched alkanes of at least 4 members (excludes halogenated alkanes) is 3. The van der Waals surface area contributed by atoms with E-state index in [1.54, 1.807) is 0 Å². The van der Waals surface area contributed by atoms with Crippen molar-refractivity contribution in [2.45, 2.75) is 52.4 Å². The summed E-state index contributed by atoms with van der Waals surface area (Å²) in [6.07, 6.45) is 6.11. The molecule has 0 atom stereocenters. The molecule has 0 N–H and O–H groups in total. The zero-order valence-electron chi connectivity index (χ0n) is 8.57. The van der Waals surface area contributed by atoms with Crippen LogP contribution >= 0.6 is 0 Å². The summed E-state index contributed by atoms with van der Waals surface area (Å²) < 4.78 is 4.99. The number of rotatable bonds is 7. The van der Waals surface area contributed by atoms with Crippen molar-refractivity contribution in [3.8, 4) is 0 Å². The quantitative estimate of drug-likeness (QED) is 0.407. The molecule has 0 aliphatic rings. The third-order valence-electron chi connectivity index (χ3n) is 1.72. The van der Waals surface area contributed by atoms with Crippen molar-refractivity contribution in [1.82, 2.24) is 0 Å². The first-order valence-corrected chi connectivity index (χ1v) is 4.96. The van der Waals surface area contributed by atoms with Crippen molar-refractivity contribution in [2.75, 3.05) is 6.61 Å². The Morgan fingerprint density at radius 1 is 1.08 bits per heavy atom. The summed E-state index contributed by atoms with van der Waals surface area (Å²) in [6.45, 7) is 4.76. The minimum Gasteiger partial charge on any atom is -0.466 e. The van der Waals surface area contributed by atoms with Crippen molar-refractivity contribution in [2.24, 2.45) is 0 Å². The van der Waals surface area contributed by atoms with Crippen LogP contribution in [-0.4, -0.2) is 12.6 Å². The monoisotopic (exact) mass is 279 g/mol. The number of carbonyl (C=O) groups excluding carboxylic acids is 1. The first-order chi connectivity index (χ1) is 5.81. The number of ether oxygens (including phenoxy) is 1. The SMILES string of the molecule is CCCCCCOC(=O)CCC.[Ag]. The average Bonchev–Trinajstić information content (AvgIpc) is 2.05. The van der Waals surface area contributed by atoms with Crippen LogP contribution in [0.2, 0.25) is 0 Å². The van der Waals surface area contributed by atoms with Gasteiger partial charge in [0.2, 0.25) is 0 Å². The Morgan fingerprint density at radius 3 is 2.31 bits per heavy atom. The Bertz CT molecular complexity index is 115. The van der Waals surface area contributed by atoms with E-state index in [0.717, 1.165) is 12.8 Å². The van der Waals surface area contributed by atoms with E-state index in [-0.39, 0.29) is 28.3 Å². The second kappa shape index (κ2) is 12.2. The molecule has 2 nitrogen and oxygen atoms in total. The molecule has 0 heterocycles. The van der Waals surface area contributed by atoms with E-state index in [1.807, 2.05) is 6.92 Å². The summed E-state index contributed by atoms with van der Waals surface area (Å²) in [6, 6.07) is 0. The van der Waals surface area contributed by atoms with Crippen molar-refractivity contribution in [3.05, 3.63) is 0 Å². The van der Waals surface area contributed by atoms with E-state index in [2.05, 4.69) is 6.92 Å². The smallest absolute Gasteiger partial charge is 0.305 e. The Morgan fingerprint density at radius 2 is 1.77 bits per heavy atom. The topological polar surface area (TPSA) is 26.3 Å². The molecule has 0 amide bonds. The molecule has 0 spiro atoms. The maximum absolute atomic E-state index is 10.9. The first kappa shape index (κ1) is 15.7. The molecule has 0 bridgehead atoms. The van der Waals surface area contributed by atoms with Gasteiger partial charge in [-0.3, -0.25) is 4.79 Å². The van der Waals surface area contributed by atoms with Gasteiger partial charge in [-0.05, 0) is 12.8 Å². The Balaban J connectivity index is 0. The van der Waals surface area contributed by atoms with Gasteiger partial charge in [-0.2, -0.15) is 0 Å². The fraction of sp³-hybridized carbons (Fsp3) is 0.900. The number of esters is 1. The molecular weight excluding hydrogens is 260 g/mol. The van der Waals surface area contributed by atoms with Crippen LogP contribution in [-0.2, 0) is 31.9 Å². The van der Waals surface area contributed by atoms with Gasteiger partial charge in [-0.1, -0.05) is 33.1 Å². The van der Waals surface area contributed by atoms with E-state index in [1.165, 1.54) is 19.3 Å². The van der Waals surface area contributed by atoms with E-state index < -0.39 is 0 Å². The number of hydrogen-bond acceptors (Lipinski definition) is 2. The van der Waals surface area contributed by atoms with Crippen LogP contribution in [0, 0.1) is 0 Å². The van der Waals surface area contributed by atoms with Crippen LogP contribution in [0.25, 0.3) is 0 Å². The molecule has 0 rings (SSSR count). The molecule has 0 aliphatic heterocycles. The molecule has 0 aliphatic carbocycles. The van der Waals surface area contributed by atoms with Gasteiger partial charge in [0, 0.05) is 28.8 Å². The second-order valence-electron chi connectivity index (χ2n) is 3.03. The standard InChI is InChI=1S/C10H20O2.Ag/c1-3-5-6-7-9-12-10(11)8-4-2;/h3-9H2,1-2H3;. The summed E-state index contributed by atoms with van der Waals surface area (Å²) in [7, 11) is 0. The van der Waals surface area contributed by atoms with Crippen LogP contribution < -0.4 is 0 Å². The van der Waals surface area contributed by atoms with Gasteiger partial charge in [-0.25, -0.2) is 0 Å². The zero-order valence-corrected chi connectivity index (χ0v) is 10.1.